The van der Waals surface area contributed by atoms with Gasteiger partial charge in [0.05, 0.1) is 23.4 Å². The van der Waals surface area contributed by atoms with Crippen LogP contribution >= 0.6 is 0 Å². The zero-order chi connectivity index (χ0) is 25.2. The number of aromatic hydroxyl groups is 1. The molecule has 0 spiro atoms. The molecular formula is C28H33N3O4. The van der Waals surface area contributed by atoms with Crippen molar-refractivity contribution in [3.8, 4) is 5.75 Å². The zero-order valence-electron chi connectivity index (χ0n) is 20.6. The van der Waals surface area contributed by atoms with Crippen LogP contribution in [0.3, 0.4) is 0 Å². The van der Waals surface area contributed by atoms with Gasteiger partial charge in [0.1, 0.15) is 11.4 Å². The van der Waals surface area contributed by atoms with Gasteiger partial charge in [-0.15, -0.1) is 10.2 Å². The van der Waals surface area contributed by atoms with Crippen molar-refractivity contribution in [1.82, 2.24) is 5.32 Å². The number of azo groups is 1. The van der Waals surface area contributed by atoms with E-state index in [2.05, 4.69) is 29.4 Å². The molecule has 7 nitrogen and oxygen atoms in total. The quantitative estimate of drug-likeness (QED) is 0.228. The minimum atomic E-state index is -0.480. The average Bonchev–Trinajstić information content (AvgIpc) is 2.88. The number of fused-ring (bicyclic) bond motifs is 1. The number of amides is 1. The Morgan fingerprint density at radius 1 is 0.943 bits per heavy atom. The van der Waals surface area contributed by atoms with Gasteiger partial charge in [0.25, 0.3) is 5.91 Å². The Morgan fingerprint density at radius 3 is 2.34 bits per heavy atom. The van der Waals surface area contributed by atoms with Crippen LogP contribution in [0.2, 0.25) is 0 Å². The number of ether oxygens (including phenoxy) is 1. The molecule has 1 atom stereocenters. The predicted molar refractivity (Wildman–Crippen MR) is 138 cm³/mol. The highest BCUT2D eigenvalue weighted by Crippen LogP contribution is 2.37. The van der Waals surface area contributed by atoms with Gasteiger partial charge in [-0.3, -0.25) is 4.79 Å². The highest BCUT2D eigenvalue weighted by Gasteiger charge is 2.19. The van der Waals surface area contributed by atoms with Crippen molar-refractivity contribution >= 4 is 34.0 Å². The lowest BCUT2D eigenvalue weighted by atomic mass is 9.99. The van der Waals surface area contributed by atoms with Crippen LogP contribution in [0, 0.1) is 5.92 Å². The van der Waals surface area contributed by atoms with E-state index >= 15 is 0 Å². The second-order valence-corrected chi connectivity index (χ2v) is 8.40. The Kier molecular flexibility index (Phi) is 9.35. The Morgan fingerprint density at radius 2 is 1.63 bits per heavy atom. The van der Waals surface area contributed by atoms with Gasteiger partial charge < -0.3 is 15.2 Å². The monoisotopic (exact) mass is 475 g/mol. The summed E-state index contributed by atoms with van der Waals surface area (Å²) in [4.78, 5) is 25.3. The van der Waals surface area contributed by atoms with Gasteiger partial charge in [-0.05, 0) is 37.5 Å². The van der Waals surface area contributed by atoms with E-state index in [1.165, 1.54) is 6.07 Å². The number of carbonyl (C=O) groups excluding carboxylic acids is 2. The first kappa shape index (κ1) is 25.9. The molecule has 0 aliphatic rings. The molecule has 184 valence electrons. The van der Waals surface area contributed by atoms with Crippen molar-refractivity contribution in [2.45, 2.75) is 46.5 Å². The number of unbranched alkanes of at least 4 members (excludes halogenated alkanes) is 1. The standard InChI is InChI=1S/C28H33N3O4/c1-4-7-12-19(5-2)18-29-27(33)23-17-25(20-13-8-9-14-21(20)26(23)32)31-30-24-16-11-10-15-22(24)28(34)35-6-3/h8-11,13-17,19,32H,4-7,12,18H2,1-3H3,(H,29,33)/b31-30+. The molecule has 0 radical (unpaired) electrons. The maximum atomic E-state index is 13.0. The molecule has 3 aromatic rings. The Bertz CT molecular complexity index is 1210. The van der Waals surface area contributed by atoms with Gasteiger partial charge in [-0.2, -0.15) is 0 Å². The fourth-order valence-electron chi connectivity index (χ4n) is 3.92. The molecule has 35 heavy (non-hydrogen) atoms. The van der Waals surface area contributed by atoms with Gasteiger partial charge in [-0.25, -0.2) is 4.79 Å². The molecular weight excluding hydrogens is 442 g/mol. The third-order valence-electron chi connectivity index (χ3n) is 6.00. The van der Waals surface area contributed by atoms with Crippen molar-refractivity contribution in [3.05, 3.63) is 65.7 Å². The molecule has 3 rings (SSSR count). The van der Waals surface area contributed by atoms with E-state index in [0.29, 0.717) is 40.2 Å². The summed E-state index contributed by atoms with van der Waals surface area (Å²) in [5.41, 5.74) is 1.22. The highest BCUT2D eigenvalue weighted by atomic mass is 16.5. The Hall–Kier alpha value is -3.74. The molecule has 3 aromatic carbocycles. The lowest BCUT2D eigenvalue weighted by Gasteiger charge is -2.16. The maximum Gasteiger partial charge on any atom is 0.340 e. The number of nitrogens with zero attached hydrogens (tertiary/aromatic N) is 2. The summed E-state index contributed by atoms with van der Waals surface area (Å²) in [6.45, 7) is 6.81. The number of phenolic OH excluding ortho intramolecular Hbond substituents is 1. The van der Waals surface area contributed by atoms with Crippen LogP contribution in [-0.2, 0) is 4.74 Å². The summed E-state index contributed by atoms with van der Waals surface area (Å²) in [5.74, 6) is -0.538. The normalized spacial score (nSPS) is 12.1. The topological polar surface area (TPSA) is 100 Å². The molecule has 0 saturated carbocycles. The summed E-state index contributed by atoms with van der Waals surface area (Å²) < 4.78 is 5.11. The number of nitrogens with one attached hydrogen (secondary N) is 1. The number of carbonyl (C=O) groups is 2. The minimum Gasteiger partial charge on any atom is -0.506 e. The molecule has 7 heteroatoms. The number of hydrogen-bond acceptors (Lipinski definition) is 6. The predicted octanol–water partition coefficient (Wildman–Crippen LogP) is 7.08. The number of benzene rings is 3. The fourth-order valence-corrected chi connectivity index (χ4v) is 3.92. The lowest BCUT2D eigenvalue weighted by Crippen LogP contribution is -2.29. The SMILES string of the molecule is CCCCC(CC)CNC(=O)c1cc(/N=N/c2ccccc2C(=O)OCC)c2ccccc2c1O. The molecule has 2 N–H and O–H groups in total. The molecule has 0 aliphatic heterocycles. The van der Waals surface area contributed by atoms with E-state index in [-0.39, 0.29) is 23.8 Å². The van der Waals surface area contributed by atoms with E-state index < -0.39 is 5.97 Å². The summed E-state index contributed by atoms with van der Waals surface area (Å²) >= 11 is 0. The second kappa shape index (κ2) is 12.6. The fraction of sp³-hybridized carbons (Fsp3) is 0.357. The van der Waals surface area contributed by atoms with Gasteiger partial charge >= 0.3 is 5.97 Å². The Labute approximate surface area is 206 Å². The van der Waals surface area contributed by atoms with E-state index in [9.17, 15) is 14.7 Å². The van der Waals surface area contributed by atoms with Crippen molar-refractivity contribution in [2.24, 2.45) is 16.1 Å². The summed E-state index contributed by atoms with van der Waals surface area (Å²) in [6, 6.07) is 15.5. The average molecular weight is 476 g/mol. The molecule has 0 aliphatic carbocycles. The van der Waals surface area contributed by atoms with Crippen LogP contribution in [0.25, 0.3) is 10.8 Å². The smallest absolute Gasteiger partial charge is 0.340 e. The van der Waals surface area contributed by atoms with Crippen LogP contribution in [0.15, 0.2) is 64.8 Å². The lowest BCUT2D eigenvalue weighted by molar-refractivity contribution is 0.0527. The largest absolute Gasteiger partial charge is 0.506 e. The van der Waals surface area contributed by atoms with Crippen molar-refractivity contribution in [2.75, 3.05) is 13.2 Å². The maximum absolute atomic E-state index is 13.0. The molecule has 1 unspecified atom stereocenters. The summed E-state index contributed by atoms with van der Waals surface area (Å²) in [7, 11) is 0. The van der Waals surface area contributed by atoms with Crippen LogP contribution in [-0.4, -0.2) is 30.1 Å². The highest BCUT2D eigenvalue weighted by molar-refractivity contribution is 6.07. The first-order valence-corrected chi connectivity index (χ1v) is 12.2. The van der Waals surface area contributed by atoms with Crippen molar-refractivity contribution in [1.29, 1.82) is 0 Å². The number of rotatable bonds is 11. The minimum absolute atomic E-state index is 0.0921. The van der Waals surface area contributed by atoms with Gasteiger partial charge in [-0.1, -0.05) is 69.5 Å². The summed E-state index contributed by atoms with van der Waals surface area (Å²) in [6.07, 6.45) is 4.26. The third-order valence-corrected chi connectivity index (χ3v) is 6.00. The molecule has 0 aromatic heterocycles. The molecule has 0 saturated heterocycles. The van der Waals surface area contributed by atoms with Gasteiger partial charge in [0, 0.05) is 17.3 Å². The number of hydrogen-bond donors (Lipinski definition) is 2. The van der Waals surface area contributed by atoms with Crippen molar-refractivity contribution < 1.29 is 19.4 Å². The molecule has 0 heterocycles. The zero-order valence-corrected chi connectivity index (χ0v) is 20.6. The molecule has 0 fully saturated rings. The molecule has 1 amide bonds. The first-order valence-electron chi connectivity index (χ1n) is 12.2. The van der Waals surface area contributed by atoms with Crippen molar-refractivity contribution in [3.63, 3.8) is 0 Å². The molecule has 0 bridgehead atoms. The van der Waals surface area contributed by atoms with Crippen LogP contribution in [0.1, 0.15) is 67.2 Å². The second-order valence-electron chi connectivity index (χ2n) is 8.40. The van der Waals surface area contributed by atoms with E-state index in [1.807, 2.05) is 6.07 Å². The third kappa shape index (κ3) is 6.44. The number of phenols is 1. The van der Waals surface area contributed by atoms with E-state index in [4.69, 9.17) is 4.74 Å². The Balaban J connectivity index is 1.95. The first-order chi connectivity index (χ1) is 17.0. The van der Waals surface area contributed by atoms with Crippen LogP contribution in [0.4, 0.5) is 11.4 Å². The van der Waals surface area contributed by atoms with Crippen LogP contribution in [0.5, 0.6) is 5.75 Å². The number of esters is 1. The van der Waals surface area contributed by atoms with Gasteiger partial charge in [0.2, 0.25) is 0 Å². The van der Waals surface area contributed by atoms with Crippen LogP contribution < -0.4 is 5.32 Å². The van der Waals surface area contributed by atoms with Gasteiger partial charge in [0.15, 0.2) is 0 Å². The summed E-state index contributed by atoms with van der Waals surface area (Å²) in [5, 5.41) is 23.7. The van der Waals surface area contributed by atoms with E-state index in [1.54, 1.807) is 49.4 Å². The van der Waals surface area contributed by atoms with E-state index in [0.717, 1.165) is 25.7 Å².